The number of nitrogens with zero attached hydrogens (tertiary/aromatic N) is 4. The number of ether oxygens (including phenoxy) is 1. The van der Waals surface area contributed by atoms with Crippen molar-refractivity contribution in [1.82, 2.24) is 25.1 Å². The van der Waals surface area contributed by atoms with Crippen LogP contribution in [0.15, 0.2) is 0 Å². The summed E-state index contributed by atoms with van der Waals surface area (Å²) >= 11 is 2.11. The molecule has 0 aromatic heterocycles. The maximum absolute atomic E-state index is 5.69. The second-order valence-electron chi connectivity index (χ2n) is 7.29. The van der Waals surface area contributed by atoms with Crippen LogP contribution in [0.1, 0.15) is 19.3 Å². The van der Waals surface area contributed by atoms with Crippen molar-refractivity contribution in [3.05, 3.63) is 0 Å². The van der Waals surface area contributed by atoms with Crippen LogP contribution in [0.2, 0.25) is 0 Å². The van der Waals surface area contributed by atoms with Crippen LogP contribution in [0.5, 0.6) is 0 Å². The van der Waals surface area contributed by atoms with Crippen molar-refractivity contribution in [3.63, 3.8) is 0 Å². The van der Waals surface area contributed by atoms with E-state index in [4.69, 9.17) is 4.74 Å². The van der Waals surface area contributed by atoms with E-state index in [1.54, 1.807) is 0 Å². The summed E-state index contributed by atoms with van der Waals surface area (Å²) in [6.45, 7) is 12.0. The monoisotopic (exact) mass is 355 g/mol. The quantitative estimate of drug-likeness (QED) is 0.781. The van der Waals surface area contributed by atoms with E-state index in [0.29, 0.717) is 0 Å². The molecule has 4 heterocycles. The third-order valence-electron chi connectivity index (χ3n) is 5.98. The lowest BCUT2D eigenvalue weighted by Crippen LogP contribution is -2.81. The van der Waals surface area contributed by atoms with Crippen molar-refractivity contribution >= 4 is 11.8 Å². The van der Waals surface area contributed by atoms with E-state index in [1.807, 2.05) is 0 Å². The van der Waals surface area contributed by atoms with Gasteiger partial charge >= 0.3 is 0 Å². The predicted octanol–water partition coefficient (Wildman–Crippen LogP) is 0.327. The summed E-state index contributed by atoms with van der Waals surface area (Å²) in [4.78, 5) is 5.49. The average Bonchev–Trinajstić information content (AvgIpc) is 2.70. The molecule has 0 amide bonds. The molecule has 1 unspecified atom stereocenters. The van der Waals surface area contributed by atoms with Crippen LogP contribution in [-0.2, 0) is 4.74 Å². The van der Waals surface area contributed by atoms with Gasteiger partial charge in [-0.2, -0.15) is 11.8 Å². The third-order valence-corrected chi connectivity index (χ3v) is 6.93. The summed E-state index contributed by atoms with van der Waals surface area (Å²) in [5.41, 5.74) is 0. The highest BCUT2D eigenvalue weighted by molar-refractivity contribution is 7.99. The summed E-state index contributed by atoms with van der Waals surface area (Å²) in [7, 11) is 0. The normalized spacial score (nSPS) is 36.0. The van der Waals surface area contributed by atoms with Crippen LogP contribution in [0, 0.1) is 0 Å². The fourth-order valence-electron chi connectivity index (χ4n) is 4.79. The van der Waals surface area contributed by atoms with Crippen LogP contribution in [0.3, 0.4) is 0 Å². The lowest BCUT2D eigenvalue weighted by Gasteiger charge is -2.62. The van der Waals surface area contributed by atoms with Crippen LogP contribution in [0.25, 0.3) is 0 Å². The van der Waals surface area contributed by atoms with Gasteiger partial charge in [0.05, 0.1) is 13.2 Å². The fourth-order valence-corrected chi connectivity index (χ4v) is 5.69. The molecule has 1 N–H and O–H groups in total. The van der Waals surface area contributed by atoms with Crippen LogP contribution in [-0.4, -0.2) is 109 Å². The molecule has 0 spiro atoms. The summed E-state index contributed by atoms with van der Waals surface area (Å²) in [6, 6.07) is 0. The van der Waals surface area contributed by atoms with Crippen molar-refractivity contribution in [3.8, 4) is 0 Å². The molecule has 7 heteroatoms. The van der Waals surface area contributed by atoms with Crippen LogP contribution in [0.4, 0.5) is 0 Å². The van der Waals surface area contributed by atoms with Crippen molar-refractivity contribution < 1.29 is 4.74 Å². The van der Waals surface area contributed by atoms with E-state index in [0.717, 1.165) is 45.9 Å². The smallest absolute Gasteiger partial charge is 0.157 e. The number of morpholine rings is 1. The molecular formula is C17H33N5OS. The number of piperazine rings is 1. The first-order valence-corrected chi connectivity index (χ1v) is 11.0. The van der Waals surface area contributed by atoms with Gasteiger partial charge in [0, 0.05) is 70.4 Å². The van der Waals surface area contributed by atoms with E-state index in [2.05, 4.69) is 36.9 Å². The number of nitrogens with one attached hydrogen (secondary N) is 1. The Hall–Kier alpha value is 0.110. The van der Waals surface area contributed by atoms with Crippen molar-refractivity contribution in [2.24, 2.45) is 0 Å². The molecule has 4 aliphatic rings. The molecule has 4 aliphatic heterocycles. The molecule has 0 aliphatic carbocycles. The Labute approximate surface area is 150 Å². The molecule has 138 valence electrons. The summed E-state index contributed by atoms with van der Waals surface area (Å²) in [5, 5.41) is 9.18. The Morgan fingerprint density at radius 1 is 0.792 bits per heavy atom. The number of hydrogen-bond donors (Lipinski definition) is 1. The fraction of sp³-hybridized carbons (Fsp3) is 1.00. The Morgan fingerprint density at radius 2 is 1.50 bits per heavy atom. The molecule has 4 fully saturated rings. The van der Waals surface area contributed by atoms with Gasteiger partial charge in [-0.05, 0) is 12.8 Å². The lowest BCUT2D eigenvalue weighted by atomic mass is 10.1. The Bertz CT molecular complexity index is 376. The molecule has 0 radical (unpaired) electrons. The highest BCUT2D eigenvalue weighted by Gasteiger charge is 2.51. The Balaban J connectivity index is 1.64. The predicted molar refractivity (Wildman–Crippen MR) is 99.0 cm³/mol. The zero-order chi connectivity index (χ0) is 16.2. The van der Waals surface area contributed by atoms with Crippen molar-refractivity contribution in [2.45, 2.75) is 25.0 Å². The Morgan fingerprint density at radius 3 is 2.25 bits per heavy atom. The minimum atomic E-state index is 0.0142. The molecule has 4 saturated heterocycles. The molecular weight excluding hydrogens is 322 g/mol. The number of hydrazine groups is 1. The lowest BCUT2D eigenvalue weighted by molar-refractivity contribution is -0.268. The van der Waals surface area contributed by atoms with Gasteiger partial charge in [-0.15, -0.1) is 0 Å². The maximum Gasteiger partial charge on any atom is 0.157 e. The van der Waals surface area contributed by atoms with Crippen molar-refractivity contribution in [1.29, 1.82) is 0 Å². The number of rotatable bonds is 3. The first-order valence-electron chi connectivity index (χ1n) is 9.80. The average molecular weight is 356 g/mol. The first-order chi connectivity index (χ1) is 11.9. The summed E-state index contributed by atoms with van der Waals surface area (Å²) in [6.07, 6.45) is 4.09. The molecule has 0 aromatic rings. The van der Waals surface area contributed by atoms with Gasteiger partial charge in [-0.1, -0.05) is 6.42 Å². The topological polar surface area (TPSA) is 34.2 Å². The number of thioether (sulfide) groups is 1. The van der Waals surface area contributed by atoms with E-state index in [9.17, 15) is 0 Å². The van der Waals surface area contributed by atoms with Gasteiger partial charge in [0.15, 0.2) is 5.79 Å². The van der Waals surface area contributed by atoms with E-state index in [1.165, 1.54) is 56.9 Å². The molecule has 0 saturated carbocycles. The van der Waals surface area contributed by atoms with Gasteiger partial charge in [-0.25, -0.2) is 10.0 Å². The third kappa shape index (κ3) is 3.37. The van der Waals surface area contributed by atoms with E-state index < -0.39 is 0 Å². The zero-order valence-electron chi connectivity index (χ0n) is 14.9. The molecule has 6 nitrogen and oxygen atoms in total. The van der Waals surface area contributed by atoms with Crippen LogP contribution >= 0.6 is 11.8 Å². The van der Waals surface area contributed by atoms with Crippen LogP contribution < -0.4 is 5.32 Å². The van der Waals surface area contributed by atoms with Gasteiger partial charge < -0.3 is 10.1 Å². The van der Waals surface area contributed by atoms with Gasteiger partial charge in [0.25, 0.3) is 0 Å². The van der Waals surface area contributed by atoms with Gasteiger partial charge in [0.2, 0.25) is 0 Å². The summed E-state index contributed by atoms with van der Waals surface area (Å²) < 4.78 is 5.69. The molecule has 24 heavy (non-hydrogen) atoms. The summed E-state index contributed by atoms with van der Waals surface area (Å²) in [5.74, 6) is 2.54. The van der Waals surface area contributed by atoms with Gasteiger partial charge in [0.1, 0.15) is 0 Å². The number of hydrogen-bond acceptors (Lipinski definition) is 7. The minimum Gasteiger partial charge on any atom is -0.379 e. The van der Waals surface area contributed by atoms with Crippen molar-refractivity contribution in [2.75, 3.05) is 83.6 Å². The second kappa shape index (κ2) is 8.20. The highest BCUT2D eigenvalue weighted by atomic mass is 32.2. The molecule has 0 aromatic carbocycles. The van der Waals surface area contributed by atoms with Gasteiger partial charge in [-0.3, -0.25) is 9.80 Å². The number of piperidine rings is 1. The SMILES string of the molecule is C1CCN(N2CCNCC2(N2CCOCC2)N2CCSCC2)CC1. The standard InChI is InChI=1S/C17H33N5OS/c1-2-5-21(6-3-1)22-7-4-18-16-17(22,19-8-12-23-13-9-19)20-10-14-24-15-11-20/h18H,1-16H2. The largest absolute Gasteiger partial charge is 0.379 e. The minimum absolute atomic E-state index is 0.0142. The van der Waals surface area contributed by atoms with E-state index in [-0.39, 0.29) is 5.79 Å². The first kappa shape index (κ1) is 17.5. The second-order valence-corrected chi connectivity index (χ2v) is 8.51. The van der Waals surface area contributed by atoms with E-state index >= 15 is 0 Å². The Kier molecular flexibility index (Phi) is 5.99. The molecule has 4 rings (SSSR count). The maximum atomic E-state index is 5.69. The molecule has 1 atom stereocenters. The molecule has 0 bridgehead atoms. The highest BCUT2D eigenvalue weighted by Crippen LogP contribution is 2.32. The zero-order valence-corrected chi connectivity index (χ0v) is 15.7.